The lowest BCUT2D eigenvalue weighted by Crippen LogP contribution is -2.55. The lowest BCUT2D eigenvalue weighted by molar-refractivity contribution is -0.137. The number of rotatable bonds is 7. The van der Waals surface area contributed by atoms with Crippen LogP contribution in [0.25, 0.3) is 10.9 Å². The van der Waals surface area contributed by atoms with Gasteiger partial charge in [-0.1, -0.05) is 6.58 Å². The molecule has 0 bridgehead atoms. The summed E-state index contributed by atoms with van der Waals surface area (Å²) >= 11 is 0. The predicted molar refractivity (Wildman–Crippen MR) is 157 cm³/mol. The van der Waals surface area contributed by atoms with Gasteiger partial charge in [-0.05, 0) is 51.1 Å². The Balaban J connectivity index is 1.37. The molecular weight excluding hydrogens is 575 g/mol. The van der Waals surface area contributed by atoms with Crippen molar-refractivity contribution in [1.29, 1.82) is 5.26 Å². The van der Waals surface area contributed by atoms with E-state index in [0.717, 1.165) is 31.0 Å². The summed E-state index contributed by atoms with van der Waals surface area (Å²) in [6, 6.07) is 4.68. The van der Waals surface area contributed by atoms with Gasteiger partial charge in [-0.2, -0.15) is 33.5 Å². The quantitative estimate of drug-likeness (QED) is 0.402. The van der Waals surface area contributed by atoms with Crippen LogP contribution in [0, 0.1) is 11.3 Å². The summed E-state index contributed by atoms with van der Waals surface area (Å²) in [5.41, 5.74) is 1.27. The Morgan fingerprint density at radius 3 is 2.77 bits per heavy atom. The molecule has 1 unspecified atom stereocenters. The molecule has 14 heteroatoms. The molecule has 11 nitrogen and oxygen atoms in total. The van der Waals surface area contributed by atoms with Crippen LogP contribution in [0.5, 0.6) is 6.01 Å². The third-order valence-corrected chi connectivity index (χ3v) is 8.88. The zero-order valence-corrected chi connectivity index (χ0v) is 24.5. The molecule has 3 aromatic rings. The van der Waals surface area contributed by atoms with Crippen LogP contribution < -0.4 is 14.5 Å². The molecule has 2 saturated heterocycles. The van der Waals surface area contributed by atoms with Gasteiger partial charge < -0.3 is 24.3 Å². The first-order valence-corrected chi connectivity index (χ1v) is 14.7. The number of H-pyrrole nitrogens is 1. The highest BCUT2D eigenvalue weighted by Crippen LogP contribution is 2.42. The highest BCUT2D eigenvalue weighted by atomic mass is 19.4. The second-order valence-corrected chi connectivity index (χ2v) is 11.5. The number of carbonyl (C=O) groups excluding carboxylic acids is 1. The number of benzene rings is 1. The second-order valence-electron chi connectivity index (χ2n) is 11.5. The van der Waals surface area contributed by atoms with E-state index < -0.39 is 11.7 Å². The summed E-state index contributed by atoms with van der Waals surface area (Å²) in [5.74, 6) is 0.402. The number of ether oxygens (including phenoxy) is 1. The largest absolute Gasteiger partial charge is 0.462 e. The normalized spacial score (nSPS) is 20.9. The average Bonchev–Trinajstić information content (AvgIpc) is 3.66. The van der Waals surface area contributed by atoms with Crippen LogP contribution in [0.3, 0.4) is 0 Å². The SMILES string of the molecule is C=CC(=O)N1CCN(c2nc(OC[C@H]3CCCN3C)nc3c2CCN(c2c(C(F)(F)F)ccc4[nH]ncc24)C3)CC1CC#N. The van der Waals surface area contributed by atoms with Gasteiger partial charge >= 0.3 is 12.2 Å². The number of piperazine rings is 1. The van der Waals surface area contributed by atoms with E-state index in [1.807, 2.05) is 11.9 Å². The second kappa shape index (κ2) is 12.0. The zero-order valence-electron chi connectivity index (χ0n) is 24.5. The van der Waals surface area contributed by atoms with Crippen molar-refractivity contribution >= 4 is 28.3 Å². The fraction of sp³-hybridized carbons (Fsp3) is 0.500. The van der Waals surface area contributed by atoms with Crippen molar-refractivity contribution in [1.82, 2.24) is 30.0 Å². The third-order valence-electron chi connectivity index (χ3n) is 8.88. The third kappa shape index (κ3) is 5.63. The predicted octanol–water partition coefficient (Wildman–Crippen LogP) is 3.52. The smallest absolute Gasteiger partial charge is 0.418 e. The highest BCUT2D eigenvalue weighted by Gasteiger charge is 2.38. The summed E-state index contributed by atoms with van der Waals surface area (Å²) in [4.78, 5) is 29.7. The molecule has 0 spiro atoms. The van der Waals surface area contributed by atoms with Gasteiger partial charge in [0.2, 0.25) is 5.91 Å². The van der Waals surface area contributed by atoms with E-state index in [2.05, 4.69) is 27.7 Å². The molecule has 0 radical (unpaired) electrons. The molecule has 232 valence electrons. The minimum absolute atomic E-state index is 0.0650. The van der Waals surface area contributed by atoms with Gasteiger partial charge in [-0.3, -0.25) is 9.89 Å². The summed E-state index contributed by atoms with van der Waals surface area (Å²) in [6.45, 7) is 6.61. The van der Waals surface area contributed by atoms with Crippen molar-refractivity contribution in [3.63, 3.8) is 0 Å². The van der Waals surface area contributed by atoms with Gasteiger partial charge in [0.25, 0.3) is 0 Å². The summed E-state index contributed by atoms with van der Waals surface area (Å²) in [7, 11) is 2.05. The number of hydrogen-bond acceptors (Lipinski definition) is 9. The summed E-state index contributed by atoms with van der Waals surface area (Å²) < 4.78 is 48.8. The monoisotopic (exact) mass is 609 g/mol. The van der Waals surface area contributed by atoms with Crippen LogP contribution in [-0.4, -0.2) is 94.3 Å². The minimum Gasteiger partial charge on any atom is -0.462 e. The number of likely N-dealkylation sites (tertiary alicyclic amines) is 1. The molecule has 5 heterocycles. The van der Waals surface area contributed by atoms with E-state index in [9.17, 15) is 23.2 Å². The maximum Gasteiger partial charge on any atom is 0.418 e. The van der Waals surface area contributed by atoms with Crippen LogP contribution in [0.1, 0.15) is 36.1 Å². The number of fused-ring (bicyclic) bond motifs is 2. The molecule has 3 aliphatic rings. The van der Waals surface area contributed by atoms with Crippen molar-refractivity contribution < 1.29 is 22.7 Å². The first-order chi connectivity index (χ1) is 21.2. The molecule has 44 heavy (non-hydrogen) atoms. The van der Waals surface area contributed by atoms with Crippen LogP contribution in [0.15, 0.2) is 31.0 Å². The number of halogens is 3. The molecule has 1 aromatic carbocycles. The summed E-state index contributed by atoms with van der Waals surface area (Å²) in [5, 5.41) is 16.6. The van der Waals surface area contributed by atoms with Gasteiger partial charge in [0.15, 0.2) is 0 Å². The van der Waals surface area contributed by atoms with Crippen LogP contribution in [0.4, 0.5) is 24.7 Å². The lowest BCUT2D eigenvalue weighted by Gasteiger charge is -2.42. The van der Waals surface area contributed by atoms with Crippen molar-refractivity contribution in [2.75, 3.05) is 56.2 Å². The maximum absolute atomic E-state index is 14.2. The molecule has 6 rings (SSSR count). The van der Waals surface area contributed by atoms with E-state index in [1.165, 1.54) is 18.3 Å². The van der Waals surface area contributed by atoms with E-state index in [1.54, 1.807) is 9.80 Å². The van der Waals surface area contributed by atoms with Crippen LogP contribution in [-0.2, 0) is 23.9 Å². The van der Waals surface area contributed by atoms with Crippen molar-refractivity contribution in [3.05, 3.63) is 47.8 Å². The molecule has 3 aliphatic heterocycles. The number of nitrogens with one attached hydrogen (secondary N) is 1. The number of hydrogen-bond donors (Lipinski definition) is 1. The molecular formula is C30H34F3N9O2. The van der Waals surface area contributed by atoms with Crippen molar-refractivity contribution in [3.8, 4) is 12.1 Å². The Morgan fingerprint density at radius 1 is 1.20 bits per heavy atom. The Bertz CT molecular complexity index is 1600. The Hall–Kier alpha value is -4.38. The first kappa shape index (κ1) is 29.7. The number of aromatic nitrogens is 4. The number of nitriles is 1. The zero-order chi connectivity index (χ0) is 31.0. The Kier molecular flexibility index (Phi) is 8.06. The molecule has 1 N–H and O–H groups in total. The summed E-state index contributed by atoms with van der Waals surface area (Å²) in [6.07, 6.45) is 0.727. The van der Waals surface area contributed by atoms with Gasteiger partial charge in [-0.25, -0.2) is 0 Å². The highest BCUT2D eigenvalue weighted by molar-refractivity contribution is 5.94. The first-order valence-electron chi connectivity index (χ1n) is 14.7. The number of likely N-dealkylation sites (N-methyl/N-ethyl adjacent to an activating group) is 1. The Labute approximate surface area is 252 Å². The number of aromatic amines is 1. The van der Waals surface area contributed by atoms with E-state index >= 15 is 0 Å². The average molecular weight is 610 g/mol. The topological polar surface area (TPSA) is 118 Å². The number of carbonyl (C=O) groups is 1. The van der Waals surface area contributed by atoms with Gasteiger partial charge in [0.05, 0.1) is 53.7 Å². The molecule has 0 aliphatic carbocycles. The van der Waals surface area contributed by atoms with Crippen LogP contribution in [0.2, 0.25) is 0 Å². The fourth-order valence-electron chi connectivity index (χ4n) is 6.57. The standard InChI is InChI=1S/C30H34F3N9O2/c1-3-26(43)42-14-13-41(16-19(42)8-10-34)28-21-9-12-40(27-22-15-35-38-24(22)7-6-23(27)30(31,32)33)17-25(21)36-29(37-28)44-18-20-5-4-11-39(20)2/h3,6-7,15,19-20H,1,4-5,8-9,11-14,16-18H2,2H3,(H,35,38)/t19?,20-/m1/s1. The number of nitrogens with zero attached hydrogens (tertiary/aromatic N) is 8. The van der Waals surface area contributed by atoms with Gasteiger partial charge in [0.1, 0.15) is 12.4 Å². The molecule has 0 saturated carbocycles. The Morgan fingerprint density at radius 2 is 2.05 bits per heavy atom. The maximum atomic E-state index is 14.2. The minimum atomic E-state index is -4.56. The van der Waals surface area contributed by atoms with Crippen molar-refractivity contribution in [2.24, 2.45) is 0 Å². The number of amides is 1. The molecule has 2 aromatic heterocycles. The van der Waals surface area contributed by atoms with E-state index in [0.29, 0.717) is 61.6 Å². The van der Waals surface area contributed by atoms with Gasteiger partial charge in [-0.15, -0.1) is 0 Å². The number of anilines is 2. The van der Waals surface area contributed by atoms with Crippen LogP contribution >= 0.6 is 0 Å². The van der Waals surface area contributed by atoms with E-state index in [4.69, 9.17) is 14.7 Å². The van der Waals surface area contributed by atoms with Gasteiger partial charge in [0, 0.05) is 43.2 Å². The van der Waals surface area contributed by atoms with E-state index in [-0.39, 0.29) is 42.7 Å². The molecule has 1 amide bonds. The molecule has 2 fully saturated rings. The lowest BCUT2D eigenvalue weighted by atomic mass is 10.00. The van der Waals surface area contributed by atoms with Crippen molar-refractivity contribution in [2.45, 2.75) is 50.5 Å². The fourth-order valence-corrected chi connectivity index (χ4v) is 6.57. The number of alkyl halides is 3. The molecule has 2 atom stereocenters.